The van der Waals surface area contributed by atoms with Crippen LogP contribution in [0.2, 0.25) is 0 Å². The topological polar surface area (TPSA) is 33.7 Å². The van der Waals surface area contributed by atoms with Gasteiger partial charge in [-0.2, -0.15) is 0 Å². The molecule has 0 saturated carbocycles. The van der Waals surface area contributed by atoms with Crippen LogP contribution in [-0.2, 0) is 16.0 Å². The lowest BCUT2D eigenvalue weighted by Gasteiger charge is -2.21. The van der Waals surface area contributed by atoms with Gasteiger partial charge in [0.25, 0.3) is 0 Å². The molecular weight excluding hydrogens is 248 g/mol. The number of nitrogens with zero attached hydrogens (tertiary/aromatic N) is 1. The van der Waals surface area contributed by atoms with Gasteiger partial charge in [0.15, 0.2) is 0 Å². The van der Waals surface area contributed by atoms with E-state index >= 15 is 0 Å². The molecule has 1 heterocycles. The number of nitrogens with one attached hydrogen (secondary N) is 1. The van der Waals surface area contributed by atoms with Crippen LogP contribution in [0, 0.1) is 0 Å². The average Bonchev–Trinajstić information content (AvgIpc) is 2.90. The Balaban J connectivity index is 2.11. The van der Waals surface area contributed by atoms with Crippen molar-refractivity contribution < 1.29 is 9.47 Å². The summed E-state index contributed by atoms with van der Waals surface area (Å²) in [6, 6.07) is 4.25. The maximum Gasteiger partial charge on any atom is 0.0589 e. The first-order valence-corrected chi connectivity index (χ1v) is 7.18. The van der Waals surface area contributed by atoms with Gasteiger partial charge in [-0.25, -0.2) is 0 Å². The van der Waals surface area contributed by atoms with Crippen LogP contribution in [0.1, 0.15) is 4.88 Å². The van der Waals surface area contributed by atoms with E-state index in [4.69, 9.17) is 9.47 Å². The fourth-order valence-electron chi connectivity index (χ4n) is 1.64. The summed E-state index contributed by atoms with van der Waals surface area (Å²) in [6.07, 6.45) is 0. The van der Waals surface area contributed by atoms with Crippen molar-refractivity contribution in [3.05, 3.63) is 22.4 Å². The molecule has 0 atom stereocenters. The smallest absolute Gasteiger partial charge is 0.0589 e. The number of thiophene rings is 1. The predicted octanol–water partition coefficient (Wildman–Crippen LogP) is 1.43. The highest BCUT2D eigenvalue weighted by Gasteiger charge is 2.03. The predicted molar refractivity (Wildman–Crippen MR) is 76.2 cm³/mol. The minimum atomic E-state index is 0.772. The summed E-state index contributed by atoms with van der Waals surface area (Å²) in [5.74, 6) is 0. The number of ether oxygens (including phenoxy) is 2. The molecule has 0 aromatic carbocycles. The zero-order chi connectivity index (χ0) is 13.1. The zero-order valence-corrected chi connectivity index (χ0v) is 12.2. The second-order valence-corrected chi connectivity index (χ2v) is 5.12. The summed E-state index contributed by atoms with van der Waals surface area (Å²) in [6.45, 7) is 6.44. The highest BCUT2D eigenvalue weighted by molar-refractivity contribution is 7.09. The van der Waals surface area contributed by atoms with Crippen molar-refractivity contribution in [2.45, 2.75) is 6.54 Å². The Morgan fingerprint density at radius 2 is 1.89 bits per heavy atom. The van der Waals surface area contributed by atoms with E-state index < -0.39 is 0 Å². The van der Waals surface area contributed by atoms with Crippen molar-refractivity contribution in [2.24, 2.45) is 0 Å². The van der Waals surface area contributed by atoms with Crippen LogP contribution < -0.4 is 5.32 Å². The molecule has 0 radical (unpaired) electrons. The number of hydrogen-bond acceptors (Lipinski definition) is 5. The van der Waals surface area contributed by atoms with Gasteiger partial charge in [0.05, 0.1) is 13.2 Å². The summed E-state index contributed by atoms with van der Waals surface area (Å²) in [4.78, 5) is 3.74. The largest absolute Gasteiger partial charge is 0.383 e. The van der Waals surface area contributed by atoms with Crippen LogP contribution in [-0.4, -0.2) is 58.5 Å². The quantitative estimate of drug-likeness (QED) is 0.618. The third-order valence-corrected chi connectivity index (χ3v) is 3.58. The van der Waals surface area contributed by atoms with Gasteiger partial charge >= 0.3 is 0 Å². The van der Waals surface area contributed by atoms with E-state index in [1.54, 1.807) is 25.6 Å². The van der Waals surface area contributed by atoms with Crippen molar-refractivity contribution in [2.75, 3.05) is 53.6 Å². The Hall–Kier alpha value is -0.460. The second-order valence-electron chi connectivity index (χ2n) is 4.08. The molecule has 0 aliphatic rings. The lowest BCUT2D eigenvalue weighted by Crippen LogP contribution is -2.36. The first kappa shape index (κ1) is 15.6. The molecule has 1 rings (SSSR count). The molecule has 5 heteroatoms. The molecule has 104 valence electrons. The first-order valence-electron chi connectivity index (χ1n) is 6.30. The average molecular weight is 272 g/mol. The molecule has 0 amide bonds. The lowest BCUT2D eigenvalue weighted by atomic mass is 10.4. The number of rotatable bonds is 11. The van der Waals surface area contributed by atoms with Crippen LogP contribution in [0.5, 0.6) is 0 Å². The third kappa shape index (κ3) is 7.08. The first-order chi connectivity index (χ1) is 8.86. The molecule has 0 aliphatic carbocycles. The van der Waals surface area contributed by atoms with E-state index in [1.165, 1.54) is 4.88 Å². The van der Waals surface area contributed by atoms with Gasteiger partial charge in [0, 0.05) is 51.8 Å². The molecule has 1 aromatic heterocycles. The second kappa shape index (κ2) is 10.5. The van der Waals surface area contributed by atoms with E-state index in [-0.39, 0.29) is 0 Å². The minimum absolute atomic E-state index is 0.772. The number of hydrogen-bond donors (Lipinski definition) is 1. The van der Waals surface area contributed by atoms with Crippen LogP contribution >= 0.6 is 11.3 Å². The molecule has 0 aliphatic heterocycles. The fourth-order valence-corrected chi connectivity index (χ4v) is 2.31. The van der Waals surface area contributed by atoms with Crippen LogP contribution in [0.4, 0.5) is 0 Å². The van der Waals surface area contributed by atoms with Crippen LogP contribution in [0.25, 0.3) is 0 Å². The van der Waals surface area contributed by atoms with Gasteiger partial charge < -0.3 is 14.8 Å². The molecule has 4 nitrogen and oxygen atoms in total. The highest BCUT2D eigenvalue weighted by Crippen LogP contribution is 2.06. The van der Waals surface area contributed by atoms with E-state index in [2.05, 4.69) is 27.7 Å². The summed E-state index contributed by atoms with van der Waals surface area (Å²) in [5, 5.41) is 5.57. The maximum atomic E-state index is 5.12. The Morgan fingerprint density at radius 1 is 1.17 bits per heavy atom. The zero-order valence-electron chi connectivity index (χ0n) is 11.4. The van der Waals surface area contributed by atoms with Gasteiger partial charge in [-0.05, 0) is 11.4 Å². The lowest BCUT2D eigenvalue weighted by molar-refractivity contribution is 0.114. The standard InChI is InChI=1S/C13H24N2O2S/c1-16-9-7-15(8-10-17-2)6-5-14-12-13-4-3-11-18-13/h3-4,11,14H,5-10,12H2,1-2H3. The Morgan fingerprint density at radius 3 is 2.44 bits per heavy atom. The molecule has 0 bridgehead atoms. The molecule has 0 fully saturated rings. The maximum absolute atomic E-state index is 5.12. The summed E-state index contributed by atoms with van der Waals surface area (Å²) in [7, 11) is 3.48. The van der Waals surface area contributed by atoms with Crippen molar-refractivity contribution >= 4 is 11.3 Å². The molecule has 18 heavy (non-hydrogen) atoms. The molecule has 1 N–H and O–H groups in total. The van der Waals surface area contributed by atoms with E-state index in [9.17, 15) is 0 Å². The third-order valence-electron chi connectivity index (χ3n) is 2.71. The van der Waals surface area contributed by atoms with Gasteiger partial charge in [-0.1, -0.05) is 6.07 Å². The van der Waals surface area contributed by atoms with Gasteiger partial charge in [0.2, 0.25) is 0 Å². The summed E-state index contributed by atoms with van der Waals surface area (Å²) in [5.41, 5.74) is 0. The normalized spacial score (nSPS) is 11.3. The Labute approximate surface area is 114 Å². The minimum Gasteiger partial charge on any atom is -0.383 e. The summed E-state index contributed by atoms with van der Waals surface area (Å²) >= 11 is 1.79. The Kier molecular flexibility index (Phi) is 9.06. The Bertz CT molecular complexity index is 273. The van der Waals surface area contributed by atoms with Gasteiger partial charge in [-0.3, -0.25) is 4.90 Å². The van der Waals surface area contributed by atoms with Crippen molar-refractivity contribution in [1.29, 1.82) is 0 Å². The monoisotopic (exact) mass is 272 g/mol. The van der Waals surface area contributed by atoms with E-state index in [0.29, 0.717) is 0 Å². The van der Waals surface area contributed by atoms with E-state index in [1.807, 2.05) is 0 Å². The van der Waals surface area contributed by atoms with Crippen molar-refractivity contribution in [3.63, 3.8) is 0 Å². The van der Waals surface area contributed by atoms with Crippen LogP contribution in [0.3, 0.4) is 0 Å². The molecule has 0 saturated heterocycles. The fraction of sp³-hybridized carbons (Fsp3) is 0.692. The highest BCUT2D eigenvalue weighted by atomic mass is 32.1. The van der Waals surface area contributed by atoms with E-state index in [0.717, 1.165) is 45.9 Å². The van der Waals surface area contributed by atoms with Crippen molar-refractivity contribution in [1.82, 2.24) is 10.2 Å². The number of methoxy groups -OCH3 is 2. The SMILES string of the molecule is COCCN(CCNCc1cccs1)CCOC. The van der Waals surface area contributed by atoms with Gasteiger partial charge in [0.1, 0.15) is 0 Å². The molecule has 0 spiro atoms. The molecular formula is C13H24N2O2S. The summed E-state index contributed by atoms with van der Waals surface area (Å²) < 4.78 is 10.2. The van der Waals surface area contributed by atoms with Crippen LogP contribution in [0.15, 0.2) is 17.5 Å². The molecule has 0 unspecified atom stereocenters. The van der Waals surface area contributed by atoms with Gasteiger partial charge in [-0.15, -0.1) is 11.3 Å². The molecule has 1 aromatic rings. The van der Waals surface area contributed by atoms with Crippen molar-refractivity contribution in [3.8, 4) is 0 Å².